The number of benzene rings is 3. The quantitative estimate of drug-likeness (QED) is 0.637. The van der Waals surface area contributed by atoms with Gasteiger partial charge < -0.3 is 10.1 Å². The molecule has 0 saturated carbocycles. The summed E-state index contributed by atoms with van der Waals surface area (Å²) in [4.78, 5) is 12.8. The number of carbonyl (C=O) groups is 1. The predicted molar refractivity (Wildman–Crippen MR) is 116 cm³/mol. The van der Waals surface area contributed by atoms with Gasteiger partial charge in [-0.05, 0) is 60.9 Å². The van der Waals surface area contributed by atoms with E-state index in [9.17, 15) is 4.79 Å². The van der Waals surface area contributed by atoms with Crippen molar-refractivity contribution >= 4 is 5.91 Å². The Labute approximate surface area is 172 Å². The second-order valence-electron chi connectivity index (χ2n) is 7.71. The van der Waals surface area contributed by atoms with Crippen LogP contribution in [0.15, 0.2) is 72.8 Å². The van der Waals surface area contributed by atoms with Crippen LogP contribution in [0.4, 0.5) is 0 Å². The number of ether oxygens (including phenoxy) is 1. The van der Waals surface area contributed by atoms with Crippen molar-refractivity contribution in [1.29, 1.82) is 0 Å². The van der Waals surface area contributed by atoms with Gasteiger partial charge in [0, 0.05) is 0 Å². The lowest BCUT2D eigenvalue weighted by Gasteiger charge is -2.22. The Hall–Kier alpha value is -3.07. The van der Waals surface area contributed by atoms with Crippen LogP contribution < -0.4 is 10.1 Å². The molecule has 3 aromatic carbocycles. The van der Waals surface area contributed by atoms with Crippen LogP contribution >= 0.6 is 0 Å². The molecule has 0 fully saturated rings. The van der Waals surface area contributed by atoms with E-state index in [1.54, 1.807) is 0 Å². The average molecular weight is 386 g/mol. The van der Waals surface area contributed by atoms with Gasteiger partial charge in [-0.15, -0.1) is 0 Å². The lowest BCUT2D eigenvalue weighted by atomic mass is 9.91. The fraction of sp³-hybridized carbons (Fsp3) is 0.269. The maximum Gasteiger partial charge on any atom is 0.258 e. The summed E-state index contributed by atoms with van der Waals surface area (Å²) in [6.45, 7) is 2.08. The minimum Gasteiger partial charge on any atom is -0.483 e. The van der Waals surface area contributed by atoms with E-state index in [0.717, 1.165) is 29.7 Å². The van der Waals surface area contributed by atoms with Crippen LogP contribution in [0.25, 0.3) is 0 Å². The van der Waals surface area contributed by atoms with Gasteiger partial charge >= 0.3 is 0 Å². The van der Waals surface area contributed by atoms with Crippen molar-refractivity contribution in [2.45, 2.75) is 38.6 Å². The fourth-order valence-corrected chi connectivity index (χ4v) is 3.99. The summed E-state index contributed by atoms with van der Waals surface area (Å²) in [5, 5.41) is 3.16. The summed E-state index contributed by atoms with van der Waals surface area (Å²) in [6.07, 6.45) is 4.54. The topological polar surface area (TPSA) is 38.3 Å². The molecule has 3 heteroatoms. The lowest BCUT2D eigenvalue weighted by Crippen LogP contribution is -2.33. The van der Waals surface area contributed by atoms with E-state index < -0.39 is 0 Å². The highest BCUT2D eigenvalue weighted by Gasteiger charge is 2.18. The molecule has 29 heavy (non-hydrogen) atoms. The summed E-state index contributed by atoms with van der Waals surface area (Å²) >= 11 is 0. The van der Waals surface area contributed by atoms with Crippen molar-refractivity contribution < 1.29 is 9.53 Å². The largest absolute Gasteiger partial charge is 0.483 e. The van der Waals surface area contributed by atoms with E-state index >= 15 is 0 Å². The van der Waals surface area contributed by atoms with Gasteiger partial charge in [0.1, 0.15) is 5.75 Å². The second kappa shape index (κ2) is 8.95. The third-order valence-corrected chi connectivity index (χ3v) is 5.56. The third-order valence-electron chi connectivity index (χ3n) is 5.56. The molecule has 0 saturated heterocycles. The first-order chi connectivity index (χ1) is 14.2. The molecule has 1 N–H and O–H groups in total. The Morgan fingerprint density at radius 3 is 2.41 bits per heavy atom. The summed E-state index contributed by atoms with van der Waals surface area (Å²) in [5.74, 6) is 0.733. The number of rotatable bonds is 6. The molecular weight excluding hydrogens is 358 g/mol. The zero-order valence-electron chi connectivity index (χ0n) is 16.9. The molecule has 148 valence electrons. The second-order valence-corrected chi connectivity index (χ2v) is 7.71. The van der Waals surface area contributed by atoms with Crippen molar-refractivity contribution in [3.05, 3.63) is 101 Å². The highest BCUT2D eigenvalue weighted by atomic mass is 16.5. The van der Waals surface area contributed by atoms with Crippen molar-refractivity contribution in [1.82, 2.24) is 5.32 Å². The van der Waals surface area contributed by atoms with Gasteiger partial charge in [-0.25, -0.2) is 0 Å². The van der Waals surface area contributed by atoms with Crippen LogP contribution in [0.1, 0.15) is 46.7 Å². The molecule has 0 bridgehead atoms. The Kier molecular flexibility index (Phi) is 5.95. The Balaban J connectivity index is 1.48. The summed E-state index contributed by atoms with van der Waals surface area (Å²) in [7, 11) is 0. The van der Waals surface area contributed by atoms with Crippen LogP contribution in [0.2, 0.25) is 0 Å². The smallest absolute Gasteiger partial charge is 0.258 e. The third kappa shape index (κ3) is 4.68. The molecule has 1 aliphatic carbocycles. The molecule has 0 aromatic heterocycles. The number of hydrogen-bond donors (Lipinski definition) is 1. The molecule has 1 aliphatic rings. The van der Waals surface area contributed by atoms with Gasteiger partial charge in [-0.3, -0.25) is 4.79 Å². The Morgan fingerprint density at radius 2 is 1.62 bits per heavy atom. The minimum atomic E-state index is -0.197. The molecular formula is C26H27NO2. The molecule has 0 spiro atoms. The van der Waals surface area contributed by atoms with Gasteiger partial charge in [-0.1, -0.05) is 72.3 Å². The predicted octanol–water partition coefficient (Wildman–Crippen LogP) is 5.16. The van der Waals surface area contributed by atoms with E-state index in [1.807, 2.05) is 42.5 Å². The van der Waals surface area contributed by atoms with Crippen LogP contribution in [-0.2, 0) is 17.6 Å². The summed E-state index contributed by atoms with van der Waals surface area (Å²) < 4.78 is 5.95. The van der Waals surface area contributed by atoms with Crippen molar-refractivity contribution in [3.8, 4) is 5.75 Å². The first kappa shape index (κ1) is 19.3. The minimum absolute atomic E-state index is 0.0195. The first-order valence-corrected chi connectivity index (χ1v) is 10.3. The molecule has 3 nitrogen and oxygen atoms in total. The van der Waals surface area contributed by atoms with Gasteiger partial charge in [0.05, 0.1) is 6.04 Å². The van der Waals surface area contributed by atoms with Crippen molar-refractivity contribution in [2.75, 3.05) is 6.61 Å². The molecule has 0 aliphatic heterocycles. The molecule has 1 amide bonds. The summed E-state index contributed by atoms with van der Waals surface area (Å²) in [6, 6.07) is 24.3. The van der Waals surface area contributed by atoms with Crippen LogP contribution in [-0.4, -0.2) is 12.5 Å². The van der Waals surface area contributed by atoms with Gasteiger partial charge in [0.15, 0.2) is 6.61 Å². The van der Waals surface area contributed by atoms with E-state index in [2.05, 4.69) is 42.6 Å². The number of hydrogen-bond acceptors (Lipinski definition) is 2. The van der Waals surface area contributed by atoms with E-state index in [1.165, 1.54) is 29.5 Å². The van der Waals surface area contributed by atoms with Crippen molar-refractivity contribution in [3.63, 3.8) is 0 Å². The maximum atomic E-state index is 12.8. The first-order valence-electron chi connectivity index (χ1n) is 10.3. The molecule has 4 rings (SSSR count). The van der Waals surface area contributed by atoms with Crippen LogP contribution in [0.5, 0.6) is 5.75 Å². The SMILES string of the molecule is Cc1ccc(C(NC(=O)COc2cccc3c2CCCC3)c2ccccc2)cc1. The van der Waals surface area contributed by atoms with Gasteiger partial charge in [-0.2, -0.15) is 0 Å². The van der Waals surface area contributed by atoms with Crippen LogP contribution in [0.3, 0.4) is 0 Å². The highest BCUT2D eigenvalue weighted by Crippen LogP contribution is 2.29. The fourth-order valence-electron chi connectivity index (χ4n) is 3.99. The highest BCUT2D eigenvalue weighted by molar-refractivity contribution is 5.78. The van der Waals surface area contributed by atoms with E-state index in [0.29, 0.717) is 0 Å². The molecule has 1 atom stereocenters. The lowest BCUT2D eigenvalue weighted by molar-refractivity contribution is -0.123. The Bertz CT molecular complexity index is 964. The molecule has 1 unspecified atom stereocenters. The van der Waals surface area contributed by atoms with Gasteiger partial charge in [0.2, 0.25) is 0 Å². The normalized spacial score (nSPS) is 14.0. The number of amides is 1. The van der Waals surface area contributed by atoms with Crippen molar-refractivity contribution in [2.24, 2.45) is 0 Å². The molecule has 0 radical (unpaired) electrons. The Morgan fingerprint density at radius 1 is 0.897 bits per heavy atom. The molecule has 0 heterocycles. The summed E-state index contributed by atoms with van der Waals surface area (Å²) in [5.41, 5.74) is 5.94. The average Bonchev–Trinajstić information content (AvgIpc) is 2.77. The maximum absolute atomic E-state index is 12.8. The molecule has 3 aromatic rings. The number of nitrogens with one attached hydrogen (secondary N) is 1. The number of aryl methyl sites for hydroxylation is 2. The number of carbonyl (C=O) groups excluding carboxylic acids is 1. The van der Waals surface area contributed by atoms with E-state index in [4.69, 9.17) is 4.74 Å². The van der Waals surface area contributed by atoms with Gasteiger partial charge in [0.25, 0.3) is 5.91 Å². The van der Waals surface area contributed by atoms with Crippen LogP contribution in [0, 0.1) is 6.92 Å². The monoisotopic (exact) mass is 385 g/mol. The van der Waals surface area contributed by atoms with E-state index in [-0.39, 0.29) is 18.6 Å². The number of fused-ring (bicyclic) bond motifs is 1. The standard InChI is InChI=1S/C26H27NO2/c1-19-14-16-22(17-15-19)26(21-9-3-2-4-10-21)27-25(28)18-29-24-13-7-11-20-8-5-6-12-23(20)24/h2-4,7,9-11,13-17,26H,5-6,8,12,18H2,1H3,(H,27,28). The zero-order valence-corrected chi connectivity index (χ0v) is 16.9. The zero-order chi connectivity index (χ0) is 20.1.